The zero-order valence-corrected chi connectivity index (χ0v) is 27.6. The second-order valence-corrected chi connectivity index (χ2v) is 12.9. The van der Waals surface area contributed by atoms with Gasteiger partial charge in [-0.15, -0.1) is 0 Å². The summed E-state index contributed by atoms with van der Waals surface area (Å²) in [4.78, 5) is 10.4. The maximum Gasteiger partial charge on any atom is 0.160 e. The molecule has 0 fully saturated rings. The van der Waals surface area contributed by atoms with E-state index in [0.717, 1.165) is 71.9 Å². The molecule has 51 heavy (non-hydrogen) atoms. The Morgan fingerprint density at radius 2 is 0.922 bits per heavy atom. The molecule has 3 heteroatoms. The first-order valence-corrected chi connectivity index (χ1v) is 17.2. The molecule has 8 aromatic carbocycles. The molecule has 0 saturated carbocycles. The van der Waals surface area contributed by atoms with Crippen LogP contribution in [-0.4, -0.2) is 9.97 Å². The fourth-order valence-corrected chi connectivity index (χ4v) is 7.47. The summed E-state index contributed by atoms with van der Waals surface area (Å²) in [5.41, 5.74) is 11.0. The van der Waals surface area contributed by atoms with E-state index >= 15 is 0 Å². The van der Waals surface area contributed by atoms with Gasteiger partial charge < -0.3 is 4.42 Å². The number of aromatic nitrogens is 2. The third-order valence-electron chi connectivity index (χ3n) is 9.89. The predicted molar refractivity (Wildman–Crippen MR) is 212 cm³/mol. The SMILES string of the molecule is c1ccc(-c2cc(-c3cc(-c4ccc(-c5ccccc5)c5ccccc45)cc4oc5c6ccccc6ccc5c34)nc(-c3ccccc3)n2)cc1. The Balaban J connectivity index is 1.29. The quantitative estimate of drug-likeness (QED) is 0.186. The lowest BCUT2D eigenvalue weighted by Gasteiger charge is -2.14. The van der Waals surface area contributed by atoms with Crippen LogP contribution in [0.25, 0.3) is 99.6 Å². The fourth-order valence-electron chi connectivity index (χ4n) is 7.47. The largest absolute Gasteiger partial charge is 0.455 e. The van der Waals surface area contributed by atoms with E-state index in [1.807, 2.05) is 24.3 Å². The van der Waals surface area contributed by atoms with Crippen molar-refractivity contribution in [3.63, 3.8) is 0 Å². The summed E-state index contributed by atoms with van der Waals surface area (Å²) in [6, 6.07) is 63.8. The molecule has 0 aliphatic heterocycles. The molecule has 0 radical (unpaired) electrons. The lowest BCUT2D eigenvalue weighted by atomic mass is 9.90. The maximum absolute atomic E-state index is 6.88. The molecule has 2 heterocycles. The minimum absolute atomic E-state index is 0.682. The van der Waals surface area contributed by atoms with Gasteiger partial charge in [-0.3, -0.25) is 0 Å². The van der Waals surface area contributed by atoms with Crippen LogP contribution in [0.1, 0.15) is 0 Å². The number of benzene rings is 8. The van der Waals surface area contributed by atoms with Gasteiger partial charge in [-0.2, -0.15) is 0 Å². The number of hydrogen-bond donors (Lipinski definition) is 0. The van der Waals surface area contributed by atoms with Crippen LogP contribution in [0.3, 0.4) is 0 Å². The Hall–Kier alpha value is -6.84. The van der Waals surface area contributed by atoms with E-state index in [0.29, 0.717) is 5.82 Å². The summed E-state index contributed by atoms with van der Waals surface area (Å²) >= 11 is 0. The zero-order valence-electron chi connectivity index (χ0n) is 27.6. The van der Waals surface area contributed by atoms with Crippen molar-refractivity contribution in [3.8, 4) is 56.2 Å². The summed E-state index contributed by atoms with van der Waals surface area (Å²) in [5, 5.41) is 6.74. The van der Waals surface area contributed by atoms with Crippen LogP contribution in [0, 0.1) is 0 Å². The molecule has 0 spiro atoms. The van der Waals surface area contributed by atoms with E-state index in [-0.39, 0.29) is 0 Å². The Morgan fingerprint density at radius 1 is 0.353 bits per heavy atom. The van der Waals surface area contributed by atoms with E-state index in [9.17, 15) is 0 Å². The van der Waals surface area contributed by atoms with Gasteiger partial charge in [0.15, 0.2) is 5.82 Å². The summed E-state index contributed by atoms with van der Waals surface area (Å²) in [6.07, 6.45) is 0. The minimum Gasteiger partial charge on any atom is -0.455 e. The van der Waals surface area contributed by atoms with Crippen molar-refractivity contribution in [2.24, 2.45) is 0 Å². The van der Waals surface area contributed by atoms with Crippen LogP contribution in [0.2, 0.25) is 0 Å². The lowest BCUT2D eigenvalue weighted by molar-refractivity contribution is 0.673. The molecule has 0 atom stereocenters. The van der Waals surface area contributed by atoms with E-state index < -0.39 is 0 Å². The molecule has 3 nitrogen and oxygen atoms in total. The van der Waals surface area contributed by atoms with Gasteiger partial charge in [0.2, 0.25) is 0 Å². The van der Waals surface area contributed by atoms with Gasteiger partial charge in [0, 0.05) is 32.8 Å². The van der Waals surface area contributed by atoms with Crippen molar-refractivity contribution in [2.75, 3.05) is 0 Å². The van der Waals surface area contributed by atoms with E-state index in [2.05, 4.69) is 158 Å². The third kappa shape index (κ3) is 4.98. The highest BCUT2D eigenvalue weighted by atomic mass is 16.3. The molecule has 0 aliphatic rings. The molecule has 10 aromatic rings. The number of nitrogens with zero attached hydrogens (tertiary/aromatic N) is 2. The molecule has 0 saturated heterocycles. The van der Waals surface area contributed by atoms with Crippen LogP contribution in [0.15, 0.2) is 186 Å². The summed E-state index contributed by atoms with van der Waals surface area (Å²) in [6.45, 7) is 0. The monoisotopic (exact) mass is 650 g/mol. The highest BCUT2D eigenvalue weighted by Gasteiger charge is 2.21. The molecule has 2 aromatic heterocycles. The predicted octanol–water partition coefficient (Wildman–Crippen LogP) is 13.0. The normalized spacial score (nSPS) is 11.5. The van der Waals surface area contributed by atoms with E-state index in [1.54, 1.807) is 0 Å². The smallest absolute Gasteiger partial charge is 0.160 e. The summed E-state index contributed by atoms with van der Waals surface area (Å²) < 4.78 is 6.88. The van der Waals surface area contributed by atoms with Gasteiger partial charge >= 0.3 is 0 Å². The van der Waals surface area contributed by atoms with Crippen molar-refractivity contribution in [1.29, 1.82) is 0 Å². The Kier molecular flexibility index (Phi) is 6.81. The Morgan fingerprint density at radius 3 is 1.63 bits per heavy atom. The van der Waals surface area contributed by atoms with Gasteiger partial charge in [0.05, 0.1) is 11.4 Å². The molecule has 0 N–H and O–H groups in total. The van der Waals surface area contributed by atoms with Crippen LogP contribution < -0.4 is 0 Å². The Labute approximate surface area is 295 Å². The second kappa shape index (κ2) is 11.9. The second-order valence-electron chi connectivity index (χ2n) is 12.9. The first kappa shape index (κ1) is 29.1. The van der Waals surface area contributed by atoms with Crippen LogP contribution >= 0.6 is 0 Å². The van der Waals surface area contributed by atoms with Crippen LogP contribution in [0.4, 0.5) is 0 Å². The number of furan rings is 1. The zero-order chi connectivity index (χ0) is 33.7. The fraction of sp³-hybridized carbons (Fsp3) is 0. The van der Waals surface area contributed by atoms with E-state index in [4.69, 9.17) is 14.4 Å². The molecule has 0 unspecified atom stereocenters. The first-order chi connectivity index (χ1) is 25.3. The average Bonchev–Trinajstić information content (AvgIpc) is 3.60. The van der Waals surface area contributed by atoms with Crippen LogP contribution in [0.5, 0.6) is 0 Å². The topological polar surface area (TPSA) is 38.9 Å². The van der Waals surface area contributed by atoms with Crippen LogP contribution in [-0.2, 0) is 0 Å². The number of fused-ring (bicyclic) bond motifs is 6. The first-order valence-electron chi connectivity index (χ1n) is 17.2. The number of rotatable bonds is 5. The Bertz CT molecular complexity index is 2840. The van der Waals surface area contributed by atoms with Crippen molar-refractivity contribution in [1.82, 2.24) is 9.97 Å². The molecular weight excluding hydrogens is 621 g/mol. The van der Waals surface area contributed by atoms with Gasteiger partial charge in [-0.1, -0.05) is 158 Å². The standard InChI is InChI=1S/C48H30N2O/c1-4-14-31(15-5-1)36-26-27-37(40-23-13-12-22-39(36)40)35-28-42(46-41-25-24-32-16-10-11-21-38(32)47(41)51-45(46)29-35)44-30-43(33-17-6-2-7-18-33)49-48(50-44)34-19-8-3-9-20-34/h1-30H. The van der Waals surface area contributed by atoms with Gasteiger partial charge in [0.1, 0.15) is 11.2 Å². The molecule has 0 bridgehead atoms. The molecular formula is C48H30N2O. The molecule has 10 rings (SSSR count). The highest BCUT2D eigenvalue weighted by Crippen LogP contribution is 2.44. The van der Waals surface area contributed by atoms with Gasteiger partial charge in [-0.25, -0.2) is 9.97 Å². The lowest BCUT2D eigenvalue weighted by Crippen LogP contribution is -1.96. The average molecular weight is 651 g/mol. The summed E-state index contributed by atoms with van der Waals surface area (Å²) in [5.74, 6) is 0.682. The van der Waals surface area contributed by atoms with Gasteiger partial charge in [-0.05, 0) is 62.7 Å². The number of hydrogen-bond acceptors (Lipinski definition) is 3. The molecule has 0 aliphatic carbocycles. The molecule has 0 amide bonds. The van der Waals surface area contributed by atoms with Gasteiger partial charge in [0.25, 0.3) is 0 Å². The maximum atomic E-state index is 6.88. The summed E-state index contributed by atoms with van der Waals surface area (Å²) in [7, 11) is 0. The van der Waals surface area contributed by atoms with Crippen molar-refractivity contribution < 1.29 is 4.42 Å². The van der Waals surface area contributed by atoms with Crippen molar-refractivity contribution in [2.45, 2.75) is 0 Å². The minimum atomic E-state index is 0.682. The van der Waals surface area contributed by atoms with Crippen molar-refractivity contribution in [3.05, 3.63) is 182 Å². The molecule has 238 valence electrons. The third-order valence-corrected chi connectivity index (χ3v) is 9.89. The highest BCUT2D eigenvalue weighted by molar-refractivity contribution is 6.20. The van der Waals surface area contributed by atoms with E-state index in [1.165, 1.54) is 21.9 Å². The van der Waals surface area contributed by atoms with Crippen molar-refractivity contribution >= 4 is 43.5 Å².